The van der Waals surface area contributed by atoms with Gasteiger partial charge in [-0.2, -0.15) is 18.3 Å². The number of furan rings is 1. The van der Waals surface area contributed by atoms with E-state index < -0.39 is 22.9 Å². The van der Waals surface area contributed by atoms with E-state index in [1.54, 1.807) is 36.4 Å². The van der Waals surface area contributed by atoms with Gasteiger partial charge in [-0.05, 0) is 35.9 Å². The van der Waals surface area contributed by atoms with Gasteiger partial charge in [0.1, 0.15) is 11.0 Å². The second kappa shape index (κ2) is 8.19. The first-order valence-electron chi connectivity index (χ1n) is 8.81. The van der Waals surface area contributed by atoms with Gasteiger partial charge in [0.2, 0.25) is 0 Å². The van der Waals surface area contributed by atoms with Crippen LogP contribution < -0.4 is 4.90 Å². The first-order chi connectivity index (χ1) is 14.4. The number of carbonyl (C=O) groups excluding carboxylic acids is 1. The maximum absolute atomic E-state index is 13.2. The average molecular weight is 429 g/mol. The van der Waals surface area contributed by atoms with Crippen LogP contribution in [0.25, 0.3) is 0 Å². The maximum atomic E-state index is 13.2. The quantitative estimate of drug-likeness (QED) is 0.406. The summed E-state index contributed by atoms with van der Waals surface area (Å²) in [6, 6.07) is 16.9. The molecule has 152 valence electrons. The van der Waals surface area contributed by atoms with Crippen LogP contribution >= 0.6 is 11.8 Å². The standard InChI is InChI=1S/C21H14F3N3O2S/c22-21(23,24)15-8-4-9-16(12-15)27-19(28)18(14-6-2-1-3-7-14)30-20(27)26-25-13-17-10-5-11-29-17/h1-13,18H/b25-13-,26-20-/t18-/m0/s1. The molecule has 5 nitrogen and oxygen atoms in total. The number of rotatable bonds is 4. The van der Waals surface area contributed by atoms with E-state index >= 15 is 0 Å². The van der Waals surface area contributed by atoms with Crippen molar-refractivity contribution in [1.82, 2.24) is 0 Å². The average Bonchev–Trinajstić information content (AvgIpc) is 3.36. The maximum Gasteiger partial charge on any atom is 0.416 e. The van der Waals surface area contributed by atoms with Gasteiger partial charge in [0, 0.05) is 0 Å². The summed E-state index contributed by atoms with van der Waals surface area (Å²) in [5.41, 5.74) is -0.0446. The van der Waals surface area contributed by atoms with Crippen LogP contribution in [0.4, 0.5) is 18.9 Å². The molecular formula is C21H14F3N3O2S. The minimum atomic E-state index is -4.53. The molecule has 0 spiro atoms. The lowest BCUT2D eigenvalue weighted by Crippen LogP contribution is -2.30. The Morgan fingerprint density at radius 1 is 1.03 bits per heavy atom. The van der Waals surface area contributed by atoms with Crippen LogP contribution in [0.1, 0.15) is 22.1 Å². The Hall–Kier alpha value is -3.33. The predicted molar refractivity (Wildman–Crippen MR) is 109 cm³/mol. The highest BCUT2D eigenvalue weighted by molar-refractivity contribution is 8.15. The molecule has 30 heavy (non-hydrogen) atoms. The Morgan fingerprint density at radius 3 is 2.53 bits per heavy atom. The zero-order valence-corrected chi connectivity index (χ0v) is 16.1. The molecule has 0 unspecified atom stereocenters. The summed E-state index contributed by atoms with van der Waals surface area (Å²) < 4.78 is 44.7. The lowest BCUT2D eigenvalue weighted by Gasteiger charge is -2.17. The molecule has 0 bridgehead atoms. The van der Waals surface area contributed by atoms with Crippen molar-refractivity contribution < 1.29 is 22.4 Å². The summed E-state index contributed by atoms with van der Waals surface area (Å²) in [6.45, 7) is 0. The van der Waals surface area contributed by atoms with Gasteiger partial charge in [-0.1, -0.05) is 48.2 Å². The normalized spacial score (nSPS) is 18.6. The summed E-state index contributed by atoms with van der Waals surface area (Å²) in [7, 11) is 0. The van der Waals surface area contributed by atoms with Crippen LogP contribution in [0.15, 0.2) is 87.6 Å². The smallest absolute Gasteiger partial charge is 0.416 e. The molecule has 3 aromatic rings. The summed E-state index contributed by atoms with van der Waals surface area (Å²) in [4.78, 5) is 14.3. The zero-order chi connectivity index (χ0) is 21.1. The number of thioether (sulfide) groups is 1. The van der Waals surface area contributed by atoms with Crippen LogP contribution in [-0.4, -0.2) is 17.3 Å². The highest BCUT2D eigenvalue weighted by atomic mass is 32.2. The molecule has 1 atom stereocenters. The second-order valence-electron chi connectivity index (χ2n) is 6.27. The van der Waals surface area contributed by atoms with Gasteiger partial charge in [-0.25, -0.2) is 0 Å². The van der Waals surface area contributed by atoms with E-state index in [1.165, 1.54) is 24.6 Å². The van der Waals surface area contributed by atoms with Crippen molar-refractivity contribution >= 4 is 34.7 Å². The number of amides is 1. The molecule has 0 N–H and O–H groups in total. The summed E-state index contributed by atoms with van der Waals surface area (Å²) in [5, 5.41) is 7.56. The van der Waals surface area contributed by atoms with Crippen molar-refractivity contribution in [3.8, 4) is 0 Å². The molecule has 4 rings (SSSR count). The Labute approximate surface area is 173 Å². The van der Waals surface area contributed by atoms with Crippen LogP contribution in [0.5, 0.6) is 0 Å². The molecule has 1 saturated heterocycles. The molecular weight excluding hydrogens is 415 g/mol. The summed E-state index contributed by atoms with van der Waals surface area (Å²) >= 11 is 1.13. The van der Waals surface area contributed by atoms with Crippen LogP contribution in [-0.2, 0) is 11.0 Å². The first-order valence-corrected chi connectivity index (χ1v) is 9.69. The summed E-state index contributed by atoms with van der Waals surface area (Å²) in [5.74, 6) is 0.0661. The Bertz CT molecular complexity index is 1100. The highest BCUT2D eigenvalue weighted by Gasteiger charge is 2.41. The fourth-order valence-electron chi connectivity index (χ4n) is 2.89. The predicted octanol–water partition coefficient (Wildman–Crippen LogP) is 5.51. The van der Waals surface area contributed by atoms with E-state index in [2.05, 4.69) is 10.2 Å². The molecule has 1 aromatic heterocycles. The number of alkyl halides is 3. The molecule has 0 aliphatic carbocycles. The van der Waals surface area contributed by atoms with Crippen molar-refractivity contribution in [1.29, 1.82) is 0 Å². The molecule has 2 aromatic carbocycles. The lowest BCUT2D eigenvalue weighted by atomic mass is 10.1. The number of halogens is 3. The Balaban J connectivity index is 1.73. The van der Waals surface area contributed by atoms with Crippen molar-refractivity contribution in [3.63, 3.8) is 0 Å². The van der Waals surface area contributed by atoms with Crippen molar-refractivity contribution in [2.24, 2.45) is 10.2 Å². The van der Waals surface area contributed by atoms with E-state index in [0.717, 1.165) is 34.4 Å². The second-order valence-corrected chi connectivity index (χ2v) is 7.35. The third kappa shape index (κ3) is 4.16. The number of hydrogen-bond donors (Lipinski definition) is 0. The molecule has 1 fully saturated rings. The van der Waals surface area contributed by atoms with Crippen LogP contribution in [0, 0.1) is 0 Å². The lowest BCUT2D eigenvalue weighted by molar-refractivity contribution is -0.137. The minimum Gasteiger partial charge on any atom is -0.463 e. The Morgan fingerprint density at radius 2 is 1.83 bits per heavy atom. The number of carbonyl (C=O) groups is 1. The molecule has 0 saturated carbocycles. The van der Waals surface area contributed by atoms with Gasteiger partial charge in [0.25, 0.3) is 5.91 Å². The topological polar surface area (TPSA) is 58.2 Å². The fraction of sp³-hybridized carbons (Fsp3) is 0.0952. The van der Waals surface area contributed by atoms with Crippen LogP contribution in [0.2, 0.25) is 0 Å². The zero-order valence-electron chi connectivity index (χ0n) is 15.3. The van der Waals surface area contributed by atoms with Crippen molar-refractivity contribution in [2.75, 3.05) is 4.90 Å². The molecule has 2 heterocycles. The van der Waals surface area contributed by atoms with Gasteiger partial charge in [0.05, 0.1) is 23.7 Å². The van der Waals surface area contributed by atoms with Crippen LogP contribution in [0.3, 0.4) is 0 Å². The van der Waals surface area contributed by atoms with E-state index in [0.29, 0.717) is 5.76 Å². The number of hydrogen-bond acceptors (Lipinski definition) is 5. The Kier molecular flexibility index (Phi) is 5.45. The monoisotopic (exact) mass is 429 g/mol. The minimum absolute atomic E-state index is 0.0766. The highest BCUT2D eigenvalue weighted by Crippen LogP contribution is 2.42. The first kappa shape index (κ1) is 20.0. The molecule has 0 radical (unpaired) electrons. The molecule has 9 heteroatoms. The van der Waals surface area contributed by atoms with E-state index in [-0.39, 0.29) is 10.9 Å². The van der Waals surface area contributed by atoms with Gasteiger partial charge >= 0.3 is 6.18 Å². The molecule has 1 aliphatic rings. The van der Waals surface area contributed by atoms with E-state index in [9.17, 15) is 18.0 Å². The van der Waals surface area contributed by atoms with Gasteiger partial charge < -0.3 is 4.42 Å². The van der Waals surface area contributed by atoms with E-state index in [4.69, 9.17) is 4.42 Å². The summed E-state index contributed by atoms with van der Waals surface area (Å²) in [6.07, 6.45) is -1.69. The number of nitrogens with zero attached hydrogens (tertiary/aromatic N) is 3. The fourth-order valence-corrected chi connectivity index (χ4v) is 3.99. The molecule has 1 amide bonds. The van der Waals surface area contributed by atoms with E-state index in [1.807, 2.05) is 6.07 Å². The third-order valence-electron chi connectivity index (χ3n) is 4.26. The van der Waals surface area contributed by atoms with Crippen molar-refractivity contribution in [2.45, 2.75) is 11.4 Å². The number of benzene rings is 2. The number of anilines is 1. The SMILES string of the molecule is O=C1[C@H](c2ccccc2)S/C(=N\N=C/c2ccco2)N1c1cccc(C(F)(F)F)c1. The van der Waals surface area contributed by atoms with Gasteiger partial charge in [0.15, 0.2) is 5.17 Å². The molecule has 1 aliphatic heterocycles. The largest absolute Gasteiger partial charge is 0.463 e. The van der Waals surface area contributed by atoms with Gasteiger partial charge in [-0.15, -0.1) is 5.10 Å². The van der Waals surface area contributed by atoms with Gasteiger partial charge in [-0.3, -0.25) is 9.69 Å². The van der Waals surface area contributed by atoms with Crippen molar-refractivity contribution in [3.05, 3.63) is 89.9 Å². The third-order valence-corrected chi connectivity index (χ3v) is 5.45. The number of amidine groups is 1.